The summed E-state index contributed by atoms with van der Waals surface area (Å²) in [5.74, 6) is 1.23. The van der Waals surface area contributed by atoms with Crippen LogP contribution in [0, 0.1) is 13.8 Å². The summed E-state index contributed by atoms with van der Waals surface area (Å²) in [5.41, 5.74) is 3.34. The SMILES string of the molecule is CSCOC(=O)Cn1nc(C)c(Cl)c1-c1ccc(-c2cccc(C)c2)o1. The van der Waals surface area contributed by atoms with Gasteiger partial charge in [0.2, 0.25) is 0 Å². The molecule has 0 saturated carbocycles. The highest BCUT2D eigenvalue weighted by atomic mass is 35.5. The van der Waals surface area contributed by atoms with Gasteiger partial charge in [0.15, 0.2) is 5.76 Å². The molecule has 3 aromatic rings. The third kappa shape index (κ3) is 3.97. The number of ether oxygens (including phenoxy) is 1. The maximum atomic E-state index is 12.0. The van der Waals surface area contributed by atoms with Crippen LogP contribution in [0.4, 0.5) is 0 Å². The minimum atomic E-state index is -0.370. The molecule has 5 nitrogen and oxygen atoms in total. The van der Waals surface area contributed by atoms with Crippen molar-refractivity contribution in [3.63, 3.8) is 0 Å². The van der Waals surface area contributed by atoms with Crippen LogP contribution in [0.5, 0.6) is 0 Å². The van der Waals surface area contributed by atoms with Crippen molar-refractivity contribution in [3.05, 3.63) is 52.7 Å². The topological polar surface area (TPSA) is 57.3 Å². The summed E-state index contributed by atoms with van der Waals surface area (Å²) in [6.45, 7) is 3.80. The van der Waals surface area contributed by atoms with E-state index in [0.717, 1.165) is 16.9 Å². The largest absolute Gasteiger partial charge is 0.454 e. The van der Waals surface area contributed by atoms with E-state index >= 15 is 0 Å². The highest BCUT2D eigenvalue weighted by Crippen LogP contribution is 2.34. The average Bonchev–Trinajstić information content (AvgIpc) is 3.18. The fourth-order valence-corrected chi connectivity index (χ4v) is 3.10. The van der Waals surface area contributed by atoms with Gasteiger partial charge < -0.3 is 9.15 Å². The van der Waals surface area contributed by atoms with Crippen molar-refractivity contribution in [2.45, 2.75) is 20.4 Å². The number of aryl methyl sites for hydroxylation is 2. The van der Waals surface area contributed by atoms with Gasteiger partial charge in [0.1, 0.15) is 23.9 Å². The van der Waals surface area contributed by atoms with Crippen LogP contribution < -0.4 is 0 Å². The maximum Gasteiger partial charge on any atom is 0.328 e. The van der Waals surface area contributed by atoms with Crippen LogP contribution in [0.1, 0.15) is 11.3 Å². The zero-order valence-corrected chi connectivity index (χ0v) is 16.4. The molecule has 7 heteroatoms. The van der Waals surface area contributed by atoms with Gasteiger partial charge in [-0.15, -0.1) is 11.8 Å². The molecule has 0 amide bonds. The first kappa shape index (κ1) is 18.6. The number of rotatable bonds is 6. The lowest BCUT2D eigenvalue weighted by Gasteiger charge is -2.06. The Bertz CT molecular complexity index is 933. The molecule has 0 aliphatic heterocycles. The molecule has 2 aromatic heterocycles. The van der Waals surface area contributed by atoms with Crippen molar-refractivity contribution in [2.75, 3.05) is 12.2 Å². The fraction of sp³-hybridized carbons (Fsp3) is 0.263. The monoisotopic (exact) mass is 390 g/mol. The molecular weight excluding hydrogens is 372 g/mol. The quantitative estimate of drug-likeness (QED) is 0.440. The Morgan fingerprint density at radius 1 is 1.27 bits per heavy atom. The normalized spacial score (nSPS) is 10.9. The second-order valence-electron chi connectivity index (χ2n) is 5.86. The third-order valence-electron chi connectivity index (χ3n) is 3.81. The minimum absolute atomic E-state index is 0.0239. The van der Waals surface area contributed by atoms with E-state index in [1.165, 1.54) is 16.4 Å². The highest BCUT2D eigenvalue weighted by Gasteiger charge is 2.21. The summed E-state index contributed by atoms with van der Waals surface area (Å²) < 4.78 is 12.6. The van der Waals surface area contributed by atoms with Crippen LogP contribution in [-0.2, 0) is 16.1 Å². The van der Waals surface area contributed by atoms with Crippen molar-refractivity contribution in [2.24, 2.45) is 0 Å². The van der Waals surface area contributed by atoms with Gasteiger partial charge in [-0.25, -0.2) is 4.68 Å². The number of esters is 1. The number of benzene rings is 1. The van der Waals surface area contributed by atoms with E-state index in [0.29, 0.717) is 28.1 Å². The summed E-state index contributed by atoms with van der Waals surface area (Å²) in [7, 11) is 0. The van der Waals surface area contributed by atoms with Gasteiger partial charge in [-0.2, -0.15) is 5.10 Å². The third-order valence-corrected chi connectivity index (χ3v) is 4.62. The van der Waals surface area contributed by atoms with Crippen LogP contribution >= 0.6 is 23.4 Å². The number of thioether (sulfide) groups is 1. The molecule has 2 heterocycles. The number of aromatic nitrogens is 2. The Morgan fingerprint density at radius 2 is 2.04 bits per heavy atom. The second-order valence-corrected chi connectivity index (χ2v) is 7.05. The van der Waals surface area contributed by atoms with Gasteiger partial charge >= 0.3 is 5.97 Å². The minimum Gasteiger partial charge on any atom is -0.454 e. The number of halogens is 1. The number of hydrogen-bond acceptors (Lipinski definition) is 5. The molecule has 0 fully saturated rings. The summed E-state index contributed by atoms with van der Waals surface area (Å²) in [5, 5.41) is 4.81. The lowest BCUT2D eigenvalue weighted by molar-refractivity contribution is -0.142. The van der Waals surface area contributed by atoms with Crippen LogP contribution in [0.3, 0.4) is 0 Å². The highest BCUT2D eigenvalue weighted by molar-refractivity contribution is 7.98. The Hall–Kier alpha value is -2.18. The number of hydrogen-bond donors (Lipinski definition) is 0. The van der Waals surface area contributed by atoms with E-state index in [9.17, 15) is 4.79 Å². The van der Waals surface area contributed by atoms with Crippen LogP contribution in [0.2, 0.25) is 5.02 Å². The first-order valence-electron chi connectivity index (χ1n) is 8.04. The van der Waals surface area contributed by atoms with Crippen molar-refractivity contribution in [1.82, 2.24) is 9.78 Å². The zero-order chi connectivity index (χ0) is 18.7. The molecule has 136 valence electrons. The Morgan fingerprint density at radius 3 is 2.77 bits per heavy atom. The van der Waals surface area contributed by atoms with Crippen molar-refractivity contribution in [3.8, 4) is 22.8 Å². The number of nitrogens with zero attached hydrogens (tertiary/aromatic N) is 2. The van der Waals surface area contributed by atoms with E-state index in [1.54, 1.807) is 6.92 Å². The molecule has 0 bridgehead atoms. The van der Waals surface area contributed by atoms with Gasteiger partial charge in [0.25, 0.3) is 0 Å². The second kappa shape index (κ2) is 8.01. The summed E-state index contributed by atoms with van der Waals surface area (Å²) >= 11 is 7.85. The lowest BCUT2D eigenvalue weighted by Crippen LogP contribution is -2.15. The van der Waals surface area contributed by atoms with Crippen LogP contribution in [-0.4, -0.2) is 27.9 Å². The van der Waals surface area contributed by atoms with E-state index in [4.69, 9.17) is 20.8 Å². The molecule has 1 aromatic carbocycles. The predicted octanol–water partition coefficient (Wildman–Crippen LogP) is 4.94. The zero-order valence-electron chi connectivity index (χ0n) is 14.8. The number of furan rings is 1. The van der Waals surface area contributed by atoms with E-state index in [1.807, 2.05) is 49.6 Å². The molecule has 0 aliphatic rings. The average molecular weight is 391 g/mol. The Kier molecular flexibility index (Phi) is 5.74. The van der Waals surface area contributed by atoms with E-state index in [-0.39, 0.29) is 12.5 Å². The summed E-state index contributed by atoms with van der Waals surface area (Å²) in [4.78, 5) is 12.0. The van der Waals surface area contributed by atoms with Crippen LogP contribution in [0.15, 0.2) is 40.8 Å². The molecule has 0 N–H and O–H groups in total. The lowest BCUT2D eigenvalue weighted by atomic mass is 10.1. The van der Waals surface area contributed by atoms with Crippen molar-refractivity contribution < 1.29 is 13.9 Å². The van der Waals surface area contributed by atoms with Crippen LogP contribution in [0.25, 0.3) is 22.8 Å². The molecule has 0 unspecified atom stereocenters. The van der Waals surface area contributed by atoms with Crippen molar-refractivity contribution >= 4 is 29.3 Å². The smallest absolute Gasteiger partial charge is 0.328 e. The number of carbonyl (C=O) groups is 1. The Balaban J connectivity index is 1.93. The first-order chi connectivity index (χ1) is 12.5. The molecule has 0 aliphatic carbocycles. The molecule has 3 rings (SSSR count). The molecule has 0 radical (unpaired) electrons. The van der Waals surface area contributed by atoms with Gasteiger partial charge in [0, 0.05) is 5.56 Å². The van der Waals surface area contributed by atoms with Crippen molar-refractivity contribution in [1.29, 1.82) is 0 Å². The van der Waals surface area contributed by atoms with Gasteiger partial charge in [-0.05, 0) is 38.3 Å². The summed E-state index contributed by atoms with van der Waals surface area (Å²) in [6.07, 6.45) is 1.86. The molecule has 0 spiro atoms. The van der Waals surface area contributed by atoms with E-state index < -0.39 is 0 Å². The molecule has 0 atom stereocenters. The van der Waals surface area contributed by atoms with Gasteiger partial charge in [0.05, 0.1) is 10.7 Å². The predicted molar refractivity (Wildman–Crippen MR) is 104 cm³/mol. The molecule has 26 heavy (non-hydrogen) atoms. The first-order valence-corrected chi connectivity index (χ1v) is 9.81. The summed E-state index contributed by atoms with van der Waals surface area (Å²) in [6, 6.07) is 11.8. The van der Waals surface area contributed by atoms with E-state index in [2.05, 4.69) is 5.10 Å². The molecule has 0 saturated heterocycles. The maximum absolute atomic E-state index is 12.0. The van der Waals surface area contributed by atoms with Gasteiger partial charge in [-0.3, -0.25) is 4.79 Å². The Labute approximate surface area is 161 Å². The molecular formula is C19H19ClN2O3S. The van der Waals surface area contributed by atoms with Gasteiger partial charge in [-0.1, -0.05) is 35.4 Å². The number of carbonyl (C=O) groups excluding carboxylic acids is 1. The standard InChI is InChI=1S/C19H19ClN2O3S/c1-12-5-4-6-14(9-12)15-7-8-16(25-15)19-18(20)13(2)21-22(19)10-17(23)24-11-26-3/h4-9H,10-11H2,1-3H3. The fourth-order valence-electron chi connectivity index (χ4n) is 2.62.